The van der Waals surface area contributed by atoms with Gasteiger partial charge in [0.2, 0.25) is 5.89 Å². The molecule has 1 aliphatic rings. The number of oxazole rings is 1. The SMILES string of the molecule is COc1ccc(-c2nc(CN3CCn4cccc4C3C)c(C)o2)cc1C. The van der Waals surface area contributed by atoms with Crippen molar-refractivity contribution < 1.29 is 9.15 Å². The van der Waals surface area contributed by atoms with Gasteiger partial charge in [-0.15, -0.1) is 0 Å². The van der Waals surface area contributed by atoms with Crippen molar-refractivity contribution in [1.82, 2.24) is 14.5 Å². The van der Waals surface area contributed by atoms with Crippen molar-refractivity contribution in [2.24, 2.45) is 0 Å². The molecule has 5 heteroatoms. The van der Waals surface area contributed by atoms with Crippen LogP contribution >= 0.6 is 0 Å². The standard InChI is InChI=1S/C21H25N3O2/c1-14-12-17(7-8-20(14)25-4)21-22-18(16(3)26-21)13-24-11-10-23-9-5-6-19(23)15(24)2/h5-9,12,15H,10-11,13H2,1-4H3. The van der Waals surface area contributed by atoms with Crippen molar-refractivity contribution in [2.45, 2.75) is 39.9 Å². The normalized spacial score (nSPS) is 17.3. The van der Waals surface area contributed by atoms with Gasteiger partial charge in [0.1, 0.15) is 11.5 Å². The zero-order chi connectivity index (χ0) is 18.3. The first-order chi connectivity index (χ1) is 12.6. The van der Waals surface area contributed by atoms with Crippen LogP contribution in [0, 0.1) is 13.8 Å². The van der Waals surface area contributed by atoms with E-state index in [1.165, 1.54) is 5.69 Å². The van der Waals surface area contributed by atoms with E-state index >= 15 is 0 Å². The van der Waals surface area contributed by atoms with Gasteiger partial charge in [0.25, 0.3) is 0 Å². The highest BCUT2D eigenvalue weighted by Gasteiger charge is 2.25. The lowest BCUT2D eigenvalue weighted by Gasteiger charge is -2.34. The van der Waals surface area contributed by atoms with Gasteiger partial charge < -0.3 is 13.7 Å². The van der Waals surface area contributed by atoms with Gasteiger partial charge in [0.15, 0.2) is 0 Å². The van der Waals surface area contributed by atoms with Gasteiger partial charge in [0.05, 0.1) is 12.8 Å². The maximum Gasteiger partial charge on any atom is 0.226 e. The maximum atomic E-state index is 5.98. The van der Waals surface area contributed by atoms with E-state index < -0.39 is 0 Å². The molecule has 0 spiro atoms. The number of hydrogen-bond donors (Lipinski definition) is 0. The van der Waals surface area contributed by atoms with Crippen molar-refractivity contribution >= 4 is 0 Å². The number of methoxy groups -OCH3 is 1. The Morgan fingerprint density at radius 3 is 2.85 bits per heavy atom. The minimum Gasteiger partial charge on any atom is -0.496 e. The van der Waals surface area contributed by atoms with Crippen LogP contribution in [-0.2, 0) is 13.1 Å². The number of aromatic nitrogens is 2. The van der Waals surface area contributed by atoms with Gasteiger partial charge in [-0.3, -0.25) is 4.90 Å². The first-order valence-electron chi connectivity index (χ1n) is 9.07. The third kappa shape index (κ3) is 2.92. The largest absolute Gasteiger partial charge is 0.496 e. The highest BCUT2D eigenvalue weighted by atomic mass is 16.5. The number of hydrogen-bond acceptors (Lipinski definition) is 4. The van der Waals surface area contributed by atoms with E-state index in [9.17, 15) is 0 Å². The summed E-state index contributed by atoms with van der Waals surface area (Å²) in [6.07, 6.45) is 2.16. The van der Waals surface area contributed by atoms with Gasteiger partial charge in [-0.1, -0.05) is 0 Å². The fraction of sp³-hybridized carbons (Fsp3) is 0.381. The molecule has 2 aromatic heterocycles. The summed E-state index contributed by atoms with van der Waals surface area (Å²) in [4.78, 5) is 7.25. The van der Waals surface area contributed by atoms with Crippen LogP contribution in [-0.4, -0.2) is 28.1 Å². The summed E-state index contributed by atoms with van der Waals surface area (Å²) in [5.74, 6) is 2.44. The summed E-state index contributed by atoms with van der Waals surface area (Å²) in [5.41, 5.74) is 4.44. The van der Waals surface area contributed by atoms with E-state index in [2.05, 4.69) is 40.8 Å². The Balaban J connectivity index is 1.57. The van der Waals surface area contributed by atoms with Gasteiger partial charge in [0, 0.05) is 43.1 Å². The molecule has 0 aliphatic carbocycles. The quantitative estimate of drug-likeness (QED) is 0.701. The number of fused-ring (bicyclic) bond motifs is 1. The van der Waals surface area contributed by atoms with Gasteiger partial charge >= 0.3 is 0 Å². The fourth-order valence-corrected chi connectivity index (χ4v) is 3.75. The summed E-state index contributed by atoms with van der Waals surface area (Å²) in [5, 5.41) is 0. The molecule has 26 heavy (non-hydrogen) atoms. The molecule has 4 rings (SSSR count). The van der Waals surface area contributed by atoms with Crippen molar-refractivity contribution in [3.63, 3.8) is 0 Å². The monoisotopic (exact) mass is 351 g/mol. The minimum absolute atomic E-state index is 0.376. The van der Waals surface area contributed by atoms with E-state index in [-0.39, 0.29) is 0 Å². The van der Waals surface area contributed by atoms with Crippen LogP contribution in [0.25, 0.3) is 11.5 Å². The number of aryl methyl sites for hydroxylation is 2. The van der Waals surface area contributed by atoms with Gasteiger partial charge in [-0.05, 0) is 56.7 Å². The van der Waals surface area contributed by atoms with Crippen LogP contribution < -0.4 is 4.74 Å². The summed E-state index contributed by atoms with van der Waals surface area (Å²) in [6, 6.07) is 10.7. The summed E-state index contributed by atoms with van der Waals surface area (Å²) in [6.45, 7) is 9.13. The third-order valence-corrected chi connectivity index (χ3v) is 5.36. The lowest BCUT2D eigenvalue weighted by atomic mass is 10.1. The molecule has 0 saturated heterocycles. The second-order valence-corrected chi connectivity index (χ2v) is 6.98. The first kappa shape index (κ1) is 16.9. The highest BCUT2D eigenvalue weighted by molar-refractivity contribution is 5.57. The Hall–Kier alpha value is -2.53. The number of rotatable bonds is 4. The number of benzene rings is 1. The molecule has 1 aliphatic heterocycles. The molecule has 3 heterocycles. The summed E-state index contributed by atoms with van der Waals surface area (Å²) < 4.78 is 13.7. The molecule has 0 saturated carbocycles. The molecule has 0 N–H and O–H groups in total. The van der Waals surface area contributed by atoms with Crippen molar-refractivity contribution in [1.29, 1.82) is 0 Å². The molecule has 5 nitrogen and oxygen atoms in total. The molecule has 0 radical (unpaired) electrons. The van der Waals surface area contributed by atoms with Crippen LogP contribution in [0.4, 0.5) is 0 Å². The lowest BCUT2D eigenvalue weighted by molar-refractivity contribution is 0.158. The van der Waals surface area contributed by atoms with Gasteiger partial charge in [-0.2, -0.15) is 0 Å². The second-order valence-electron chi connectivity index (χ2n) is 6.98. The Bertz CT molecular complexity index is 925. The molecule has 1 atom stereocenters. The van der Waals surface area contributed by atoms with Crippen molar-refractivity contribution in [2.75, 3.05) is 13.7 Å². The zero-order valence-corrected chi connectivity index (χ0v) is 15.8. The van der Waals surface area contributed by atoms with E-state index in [1.54, 1.807) is 7.11 Å². The Morgan fingerprint density at radius 2 is 2.08 bits per heavy atom. The smallest absolute Gasteiger partial charge is 0.226 e. The van der Waals surface area contributed by atoms with Crippen molar-refractivity contribution in [3.05, 3.63) is 59.2 Å². The second kappa shape index (κ2) is 6.65. The minimum atomic E-state index is 0.376. The Kier molecular flexibility index (Phi) is 4.32. The molecular weight excluding hydrogens is 326 g/mol. The van der Waals surface area contributed by atoms with E-state index in [1.807, 2.05) is 26.0 Å². The maximum absolute atomic E-state index is 5.98. The topological polar surface area (TPSA) is 43.4 Å². The molecule has 0 amide bonds. The molecule has 136 valence electrons. The predicted molar refractivity (Wildman–Crippen MR) is 101 cm³/mol. The number of ether oxygens (including phenoxy) is 1. The number of nitrogens with zero attached hydrogens (tertiary/aromatic N) is 3. The molecule has 3 aromatic rings. The van der Waals surface area contributed by atoms with Gasteiger partial charge in [-0.25, -0.2) is 4.98 Å². The predicted octanol–water partition coefficient (Wildman–Crippen LogP) is 4.35. The molecular formula is C21H25N3O2. The van der Waals surface area contributed by atoms with Crippen LogP contribution in [0.3, 0.4) is 0 Å². The molecule has 0 fully saturated rings. The van der Waals surface area contributed by atoms with Crippen LogP contribution in [0.1, 0.15) is 35.7 Å². The van der Waals surface area contributed by atoms with Crippen LogP contribution in [0.15, 0.2) is 40.9 Å². The zero-order valence-electron chi connectivity index (χ0n) is 15.8. The fourth-order valence-electron chi connectivity index (χ4n) is 3.75. The Morgan fingerprint density at radius 1 is 1.23 bits per heavy atom. The molecule has 1 unspecified atom stereocenters. The van der Waals surface area contributed by atoms with E-state index in [0.29, 0.717) is 11.9 Å². The van der Waals surface area contributed by atoms with Crippen molar-refractivity contribution in [3.8, 4) is 17.2 Å². The van der Waals surface area contributed by atoms with Crippen LogP contribution in [0.5, 0.6) is 5.75 Å². The highest BCUT2D eigenvalue weighted by Crippen LogP contribution is 2.30. The van der Waals surface area contributed by atoms with E-state index in [4.69, 9.17) is 14.1 Å². The third-order valence-electron chi connectivity index (χ3n) is 5.36. The van der Waals surface area contributed by atoms with Crippen LogP contribution in [0.2, 0.25) is 0 Å². The summed E-state index contributed by atoms with van der Waals surface area (Å²) >= 11 is 0. The molecule has 0 bridgehead atoms. The lowest BCUT2D eigenvalue weighted by Crippen LogP contribution is -2.36. The first-order valence-corrected chi connectivity index (χ1v) is 9.07. The Labute approximate surface area is 154 Å². The average Bonchev–Trinajstić information content (AvgIpc) is 3.25. The van der Waals surface area contributed by atoms with E-state index in [0.717, 1.165) is 48.0 Å². The average molecular weight is 351 g/mol. The summed E-state index contributed by atoms with van der Waals surface area (Å²) in [7, 11) is 1.69. The molecule has 1 aromatic carbocycles.